The van der Waals surface area contributed by atoms with E-state index in [0.717, 1.165) is 29.6 Å². The van der Waals surface area contributed by atoms with E-state index < -0.39 is 0 Å². The maximum atomic E-state index is 13.9. The third kappa shape index (κ3) is 3.87. The zero-order valence-electron chi connectivity index (χ0n) is 18.3. The van der Waals surface area contributed by atoms with E-state index in [0.29, 0.717) is 34.6 Å². The van der Waals surface area contributed by atoms with Gasteiger partial charge >= 0.3 is 0 Å². The van der Waals surface area contributed by atoms with Crippen LogP contribution >= 0.6 is 11.3 Å². The number of aromatic amines is 1. The zero-order valence-corrected chi connectivity index (χ0v) is 19.1. The Balaban J connectivity index is 1.19. The van der Waals surface area contributed by atoms with Crippen LogP contribution in [0.15, 0.2) is 42.6 Å². The number of benzene rings is 2. The van der Waals surface area contributed by atoms with E-state index in [1.165, 1.54) is 41.2 Å². The number of rotatable bonds is 5. The summed E-state index contributed by atoms with van der Waals surface area (Å²) in [6.07, 6.45) is 6.53. The molecule has 6 rings (SSSR count). The van der Waals surface area contributed by atoms with Crippen LogP contribution in [-0.2, 0) is 11.3 Å². The lowest BCUT2D eigenvalue weighted by molar-refractivity contribution is -0.120. The summed E-state index contributed by atoms with van der Waals surface area (Å²) in [7, 11) is 0. The lowest BCUT2D eigenvalue weighted by Crippen LogP contribution is -2.49. The standard InChI is InChI=1S/C25H25FN4O2S/c1-14(31)28-16-9-17-5-6-18(10-16)30(17)13-15-12-27-22-11-19(7-8-20(15)22)32-25-29-24-21(26)3-2-4-23(24)33-25/h2-4,7-8,11-12,16-18,27H,5-6,9-10,13H2,1H3,(H,28,31). The third-order valence-corrected chi connectivity index (χ3v) is 7.84. The van der Waals surface area contributed by atoms with Gasteiger partial charge < -0.3 is 15.0 Å². The van der Waals surface area contributed by atoms with Crippen molar-refractivity contribution in [2.45, 2.75) is 57.3 Å². The Morgan fingerprint density at radius 3 is 2.85 bits per heavy atom. The Hall–Kier alpha value is -2.97. The molecule has 2 saturated heterocycles. The minimum Gasteiger partial charge on any atom is -0.431 e. The van der Waals surface area contributed by atoms with Crippen LogP contribution in [0.2, 0.25) is 0 Å². The third-order valence-electron chi connectivity index (χ3n) is 6.94. The second-order valence-corrected chi connectivity index (χ2v) is 10.1. The van der Waals surface area contributed by atoms with Gasteiger partial charge in [-0.3, -0.25) is 9.69 Å². The van der Waals surface area contributed by atoms with Gasteiger partial charge in [0.15, 0.2) is 0 Å². The SMILES string of the molecule is CC(=O)NC1CC2CCC(C1)N2Cc1c[nH]c2cc(Oc3nc4c(F)cccc4s3)ccc12. The first kappa shape index (κ1) is 20.6. The second-order valence-electron chi connectivity index (χ2n) is 9.12. The van der Waals surface area contributed by atoms with Crippen molar-refractivity contribution in [2.24, 2.45) is 0 Å². The summed E-state index contributed by atoms with van der Waals surface area (Å²) in [5.41, 5.74) is 2.63. The number of piperidine rings is 1. The van der Waals surface area contributed by atoms with Crippen molar-refractivity contribution in [1.82, 2.24) is 20.2 Å². The molecule has 2 aliphatic heterocycles. The molecule has 2 aromatic heterocycles. The number of nitrogens with zero attached hydrogens (tertiary/aromatic N) is 2. The Morgan fingerprint density at radius 2 is 2.09 bits per heavy atom. The van der Waals surface area contributed by atoms with E-state index in [4.69, 9.17) is 4.74 Å². The molecule has 0 saturated carbocycles. The van der Waals surface area contributed by atoms with Crippen molar-refractivity contribution in [1.29, 1.82) is 0 Å². The molecule has 2 fully saturated rings. The molecule has 6 nitrogen and oxygen atoms in total. The summed E-state index contributed by atoms with van der Waals surface area (Å²) < 4.78 is 20.7. The average molecular weight is 465 g/mol. The van der Waals surface area contributed by atoms with Crippen LogP contribution < -0.4 is 10.1 Å². The smallest absolute Gasteiger partial charge is 0.279 e. The van der Waals surface area contributed by atoms with Gasteiger partial charge in [0.25, 0.3) is 5.19 Å². The normalized spacial score (nSPS) is 22.8. The summed E-state index contributed by atoms with van der Waals surface area (Å²) in [5.74, 6) is 0.406. The topological polar surface area (TPSA) is 70.2 Å². The summed E-state index contributed by atoms with van der Waals surface area (Å²) in [6.45, 7) is 2.51. The van der Waals surface area contributed by atoms with Crippen LogP contribution in [0.3, 0.4) is 0 Å². The van der Waals surface area contributed by atoms with Crippen LogP contribution in [0.1, 0.15) is 38.2 Å². The molecule has 4 aromatic rings. The van der Waals surface area contributed by atoms with E-state index in [2.05, 4.69) is 32.4 Å². The molecule has 2 atom stereocenters. The molecule has 0 radical (unpaired) electrons. The number of fused-ring (bicyclic) bond motifs is 4. The van der Waals surface area contributed by atoms with Crippen LogP contribution in [0.25, 0.3) is 21.1 Å². The Morgan fingerprint density at radius 1 is 1.27 bits per heavy atom. The fourth-order valence-corrected chi connectivity index (χ4v) is 6.38. The first-order valence-electron chi connectivity index (χ1n) is 11.4. The molecule has 2 unspecified atom stereocenters. The number of amides is 1. The summed E-state index contributed by atoms with van der Waals surface area (Å²) >= 11 is 1.33. The molecule has 33 heavy (non-hydrogen) atoms. The molecule has 0 spiro atoms. The first-order chi connectivity index (χ1) is 16.0. The van der Waals surface area contributed by atoms with Gasteiger partial charge in [0, 0.05) is 54.8 Å². The first-order valence-corrected chi connectivity index (χ1v) is 12.2. The van der Waals surface area contributed by atoms with E-state index in [1.807, 2.05) is 18.2 Å². The van der Waals surface area contributed by atoms with Crippen LogP contribution in [0.4, 0.5) is 4.39 Å². The number of carbonyl (C=O) groups is 1. The molecule has 0 aliphatic carbocycles. The van der Waals surface area contributed by atoms with Crippen LogP contribution in [0, 0.1) is 5.82 Å². The minimum absolute atomic E-state index is 0.0680. The molecule has 2 aliphatic rings. The van der Waals surface area contributed by atoms with E-state index in [9.17, 15) is 9.18 Å². The molecule has 170 valence electrons. The zero-order chi connectivity index (χ0) is 22.5. The number of hydrogen-bond acceptors (Lipinski definition) is 5. The molecule has 4 heterocycles. The predicted molar refractivity (Wildman–Crippen MR) is 127 cm³/mol. The number of ether oxygens (including phenoxy) is 1. The highest BCUT2D eigenvalue weighted by Gasteiger charge is 2.40. The number of aromatic nitrogens is 2. The number of hydrogen-bond donors (Lipinski definition) is 2. The lowest BCUT2D eigenvalue weighted by Gasteiger charge is -2.39. The number of thiazole rings is 1. The van der Waals surface area contributed by atoms with Crippen molar-refractivity contribution >= 4 is 38.4 Å². The highest BCUT2D eigenvalue weighted by Crippen LogP contribution is 2.38. The summed E-state index contributed by atoms with van der Waals surface area (Å²) in [6, 6.07) is 12.3. The van der Waals surface area contributed by atoms with Gasteiger partial charge in [-0.1, -0.05) is 17.4 Å². The molecule has 2 aromatic carbocycles. The maximum absolute atomic E-state index is 13.9. The van der Waals surface area contributed by atoms with Gasteiger partial charge in [0.1, 0.15) is 17.1 Å². The van der Waals surface area contributed by atoms with Crippen molar-refractivity contribution in [3.63, 3.8) is 0 Å². The van der Waals surface area contributed by atoms with Gasteiger partial charge in [0.2, 0.25) is 5.91 Å². The largest absolute Gasteiger partial charge is 0.431 e. The Kier molecular flexibility index (Phi) is 5.07. The van der Waals surface area contributed by atoms with Crippen molar-refractivity contribution in [3.05, 3.63) is 54.0 Å². The van der Waals surface area contributed by atoms with E-state index in [1.54, 1.807) is 13.0 Å². The Bertz CT molecular complexity index is 1330. The second kappa shape index (κ2) is 8.11. The van der Waals surface area contributed by atoms with E-state index >= 15 is 0 Å². The monoisotopic (exact) mass is 464 g/mol. The molecule has 1 amide bonds. The van der Waals surface area contributed by atoms with Crippen LogP contribution in [0.5, 0.6) is 10.9 Å². The van der Waals surface area contributed by atoms with Gasteiger partial charge in [-0.25, -0.2) is 4.39 Å². The highest BCUT2D eigenvalue weighted by atomic mass is 32.1. The van der Waals surface area contributed by atoms with Crippen LogP contribution in [-0.4, -0.2) is 38.9 Å². The fraction of sp³-hybridized carbons (Fsp3) is 0.360. The van der Waals surface area contributed by atoms with Gasteiger partial charge in [-0.15, -0.1) is 0 Å². The number of nitrogens with one attached hydrogen (secondary N) is 2. The van der Waals surface area contributed by atoms with Gasteiger partial charge in [-0.05, 0) is 55.5 Å². The predicted octanol–water partition coefficient (Wildman–Crippen LogP) is 5.34. The highest BCUT2D eigenvalue weighted by molar-refractivity contribution is 7.20. The van der Waals surface area contributed by atoms with Crippen molar-refractivity contribution in [3.8, 4) is 10.9 Å². The fourth-order valence-electron chi connectivity index (χ4n) is 5.53. The molecule has 8 heteroatoms. The number of para-hydroxylation sites is 1. The van der Waals surface area contributed by atoms with Crippen molar-refractivity contribution in [2.75, 3.05) is 0 Å². The molecule has 2 bridgehead atoms. The lowest BCUT2D eigenvalue weighted by atomic mass is 9.96. The average Bonchev–Trinajstić information content (AvgIpc) is 3.43. The summed E-state index contributed by atoms with van der Waals surface area (Å²) in [4.78, 5) is 21.8. The number of halogens is 1. The van der Waals surface area contributed by atoms with Gasteiger partial charge in [-0.2, -0.15) is 4.98 Å². The Labute approximate surface area is 194 Å². The van der Waals surface area contributed by atoms with E-state index in [-0.39, 0.29) is 11.7 Å². The van der Waals surface area contributed by atoms with Crippen molar-refractivity contribution < 1.29 is 13.9 Å². The minimum atomic E-state index is -0.335. The van der Waals surface area contributed by atoms with Gasteiger partial charge in [0.05, 0.1) is 4.70 Å². The number of H-pyrrole nitrogens is 1. The molecular formula is C25H25FN4O2S. The maximum Gasteiger partial charge on any atom is 0.279 e. The molecule has 2 N–H and O–H groups in total. The summed E-state index contributed by atoms with van der Waals surface area (Å²) in [5, 5.41) is 4.73. The molecular weight excluding hydrogens is 439 g/mol. The number of carbonyl (C=O) groups excluding carboxylic acids is 1. The quantitative estimate of drug-likeness (QED) is 0.418.